The molecule has 25 heavy (non-hydrogen) atoms. The smallest absolute Gasteiger partial charge is 0.0558 e. The van der Waals surface area contributed by atoms with Crippen molar-refractivity contribution in [3.05, 3.63) is 0 Å². The summed E-state index contributed by atoms with van der Waals surface area (Å²) in [6.07, 6.45) is 22.6. The predicted octanol–water partition coefficient (Wildman–Crippen LogP) is 5.81. The minimum absolute atomic E-state index is 0.161. The van der Waals surface area contributed by atoms with Crippen LogP contribution in [0.5, 0.6) is 0 Å². The first-order valence-corrected chi connectivity index (χ1v) is 11.7. The maximum atomic E-state index is 10.9. The van der Waals surface area contributed by atoms with E-state index in [0.29, 0.717) is 5.92 Å². The third kappa shape index (κ3) is 5.96. The van der Waals surface area contributed by atoms with Crippen molar-refractivity contribution in [3.63, 3.8) is 0 Å². The molecule has 3 fully saturated rings. The molecule has 0 aromatic rings. The Hall–Kier alpha value is -0.0800. The van der Waals surface area contributed by atoms with Gasteiger partial charge < -0.3 is 10.8 Å². The molecule has 146 valence electrons. The van der Waals surface area contributed by atoms with Gasteiger partial charge in [-0.2, -0.15) is 0 Å². The van der Waals surface area contributed by atoms with Crippen LogP contribution in [0.2, 0.25) is 0 Å². The van der Waals surface area contributed by atoms with Crippen LogP contribution in [0.3, 0.4) is 0 Å². The lowest BCUT2D eigenvalue weighted by molar-refractivity contribution is 0.0558. The zero-order valence-electron chi connectivity index (χ0n) is 16.5. The van der Waals surface area contributed by atoms with Crippen molar-refractivity contribution < 1.29 is 5.11 Å². The van der Waals surface area contributed by atoms with E-state index in [1.54, 1.807) is 0 Å². The Kier molecular flexibility index (Phi) is 8.11. The van der Waals surface area contributed by atoms with Crippen molar-refractivity contribution >= 4 is 0 Å². The Labute approximate surface area is 156 Å². The summed E-state index contributed by atoms with van der Waals surface area (Å²) in [6, 6.07) is 0.230. The topological polar surface area (TPSA) is 46.2 Å². The number of rotatable bonds is 7. The van der Waals surface area contributed by atoms with E-state index in [1.165, 1.54) is 96.3 Å². The molecule has 0 aliphatic heterocycles. The molecule has 0 amide bonds. The van der Waals surface area contributed by atoms with E-state index >= 15 is 0 Å². The van der Waals surface area contributed by atoms with Crippen molar-refractivity contribution in [2.75, 3.05) is 0 Å². The maximum absolute atomic E-state index is 10.9. The second-order valence-electron chi connectivity index (χ2n) is 9.65. The van der Waals surface area contributed by atoms with Gasteiger partial charge in [-0.3, -0.25) is 0 Å². The van der Waals surface area contributed by atoms with Crippen LogP contribution in [0, 0.1) is 23.7 Å². The molecule has 2 heteroatoms. The molecule has 0 bridgehead atoms. The van der Waals surface area contributed by atoms with Crippen LogP contribution in [0.25, 0.3) is 0 Å². The largest absolute Gasteiger partial charge is 0.393 e. The molecule has 0 saturated heterocycles. The number of hydrogen-bond acceptors (Lipinski definition) is 2. The lowest BCUT2D eigenvalue weighted by atomic mass is 9.67. The Morgan fingerprint density at radius 1 is 0.600 bits per heavy atom. The van der Waals surface area contributed by atoms with E-state index in [-0.39, 0.29) is 12.1 Å². The summed E-state index contributed by atoms with van der Waals surface area (Å²) in [5.74, 6) is 3.22. The molecule has 2 nitrogen and oxygen atoms in total. The van der Waals surface area contributed by atoms with E-state index < -0.39 is 0 Å². The lowest BCUT2D eigenvalue weighted by Crippen LogP contribution is -2.37. The highest BCUT2D eigenvalue weighted by Crippen LogP contribution is 2.42. The maximum Gasteiger partial charge on any atom is 0.0558 e. The molecule has 3 saturated carbocycles. The Morgan fingerprint density at radius 3 is 1.44 bits per heavy atom. The average molecular weight is 350 g/mol. The summed E-state index contributed by atoms with van der Waals surface area (Å²) in [5, 5.41) is 10.9. The molecule has 3 rings (SSSR count). The second-order valence-corrected chi connectivity index (χ2v) is 9.65. The van der Waals surface area contributed by atoms with E-state index in [2.05, 4.69) is 0 Å². The van der Waals surface area contributed by atoms with Gasteiger partial charge in [0.15, 0.2) is 0 Å². The number of hydrogen-bond donors (Lipinski definition) is 2. The first kappa shape index (κ1) is 19.7. The third-order valence-corrected chi connectivity index (χ3v) is 7.85. The standard InChI is InChI=1S/C23H43NO/c24-23(20-14-8-3-9-15-20)17-21(25)16-22(18-10-4-1-5-11-18)19-12-6-2-7-13-19/h18-23,25H,1-17,24H2. The quantitative estimate of drug-likeness (QED) is 0.609. The van der Waals surface area contributed by atoms with Crippen molar-refractivity contribution in [1.29, 1.82) is 0 Å². The first-order valence-electron chi connectivity index (χ1n) is 11.7. The molecule has 3 aliphatic carbocycles. The van der Waals surface area contributed by atoms with E-state index in [9.17, 15) is 5.11 Å². The molecular weight excluding hydrogens is 306 g/mol. The van der Waals surface area contributed by atoms with Crippen LogP contribution in [0.15, 0.2) is 0 Å². The third-order valence-electron chi connectivity index (χ3n) is 7.85. The summed E-state index contributed by atoms with van der Waals surface area (Å²) in [5.41, 5.74) is 6.52. The van der Waals surface area contributed by atoms with Gasteiger partial charge in [0.05, 0.1) is 6.10 Å². The van der Waals surface area contributed by atoms with Gasteiger partial charge in [0.1, 0.15) is 0 Å². The molecule has 0 aromatic heterocycles. The number of aliphatic hydroxyl groups excluding tert-OH is 1. The van der Waals surface area contributed by atoms with Crippen LogP contribution in [0.1, 0.15) is 109 Å². The fourth-order valence-corrected chi connectivity index (χ4v) is 6.37. The van der Waals surface area contributed by atoms with Gasteiger partial charge in [-0.15, -0.1) is 0 Å². The second kappa shape index (κ2) is 10.3. The highest BCUT2D eigenvalue weighted by atomic mass is 16.3. The van der Waals surface area contributed by atoms with Gasteiger partial charge in [-0.05, 0) is 49.4 Å². The summed E-state index contributed by atoms with van der Waals surface area (Å²) in [4.78, 5) is 0. The number of nitrogens with two attached hydrogens (primary N) is 1. The minimum Gasteiger partial charge on any atom is -0.393 e. The van der Waals surface area contributed by atoms with Crippen LogP contribution in [-0.4, -0.2) is 17.3 Å². The van der Waals surface area contributed by atoms with Gasteiger partial charge in [-0.25, -0.2) is 0 Å². The van der Waals surface area contributed by atoms with Crippen LogP contribution >= 0.6 is 0 Å². The molecule has 0 heterocycles. The van der Waals surface area contributed by atoms with Crippen LogP contribution in [0.4, 0.5) is 0 Å². The fourth-order valence-electron chi connectivity index (χ4n) is 6.37. The Balaban J connectivity index is 1.54. The van der Waals surface area contributed by atoms with Crippen molar-refractivity contribution in [3.8, 4) is 0 Å². The molecule has 3 N–H and O–H groups in total. The average Bonchev–Trinajstić information content (AvgIpc) is 2.68. The lowest BCUT2D eigenvalue weighted by Gasteiger charge is -2.39. The van der Waals surface area contributed by atoms with Crippen LogP contribution < -0.4 is 5.73 Å². The van der Waals surface area contributed by atoms with Crippen molar-refractivity contribution in [1.82, 2.24) is 0 Å². The molecule has 0 aromatic carbocycles. The normalized spacial score (nSPS) is 27.5. The molecule has 2 atom stereocenters. The van der Waals surface area contributed by atoms with E-state index in [0.717, 1.165) is 30.6 Å². The van der Waals surface area contributed by atoms with Gasteiger partial charge in [0.2, 0.25) is 0 Å². The zero-order chi connectivity index (χ0) is 17.5. The molecule has 0 spiro atoms. The summed E-state index contributed by atoms with van der Waals surface area (Å²) in [6.45, 7) is 0. The molecule has 2 unspecified atom stereocenters. The van der Waals surface area contributed by atoms with Crippen molar-refractivity contribution in [2.45, 2.75) is 121 Å². The zero-order valence-corrected chi connectivity index (χ0v) is 16.5. The summed E-state index contributed by atoms with van der Waals surface area (Å²) in [7, 11) is 0. The molecule has 0 radical (unpaired) electrons. The minimum atomic E-state index is -0.161. The van der Waals surface area contributed by atoms with Gasteiger partial charge in [0, 0.05) is 6.04 Å². The highest BCUT2D eigenvalue weighted by molar-refractivity contribution is 4.85. The first-order chi connectivity index (χ1) is 12.2. The van der Waals surface area contributed by atoms with E-state index in [4.69, 9.17) is 5.73 Å². The SMILES string of the molecule is NC(CC(O)CC(C1CCCCC1)C1CCCCC1)C1CCCCC1. The van der Waals surface area contributed by atoms with Gasteiger partial charge in [-0.1, -0.05) is 83.5 Å². The predicted molar refractivity (Wildman–Crippen MR) is 106 cm³/mol. The monoisotopic (exact) mass is 349 g/mol. The Morgan fingerprint density at radius 2 is 1.00 bits per heavy atom. The number of aliphatic hydroxyl groups is 1. The molecular formula is C23H43NO. The molecule has 3 aliphatic rings. The fraction of sp³-hybridized carbons (Fsp3) is 1.00. The highest BCUT2D eigenvalue weighted by Gasteiger charge is 2.33. The summed E-state index contributed by atoms with van der Waals surface area (Å²) < 4.78 is 0. The van der Waals surface area contributed by atoms with Crippen molar-refractivity contribution in [2.24, 2.45) is 29.4 Å². The van der Waals surface area contributed by atoms with Gasteiger partial charge in [0.25, 0.3) is 0 Å². The van der Waals surface area contributed by atoms with Gasteiger partial charge >= 0.3 is 0 Å². The van der Waals surface area contributed by atoms with Crippen LogP contribution in [-0.2, 0) is 0 Å². The summed E-state index contributed by atoms with van der Waals surface area (Å²) >= 11 is 0. The van der Waals surface area contributed by atoms with E-state index in [1.807, 2.05) is 0 Å². The Bertz CT molecular complexity index is 335.